The second-order valence-electron chi connectivity index (χ2n) is 5.26. The van der Waals surface area contributed by atoms with E-state index in [-0.39, 0.29) is 6.54 Å². The van der Waals surface area contributed by atoms with E-state index in [0.717, 1.165) is 26.2 Å². The number of hydrogen-bond donors (Lipinski definition) is 2. The van der Waals surface area contributed by atoms with Crippen molar-refractivity contribution in [2.45, 2.75) is 20.0 Å². The number of aromatic nitrogens is 3. The van der Waals surface area contributed by atoms with Gasteiger partial charge in [-0.1, -0.05) is 0 Å². The van der Waals surface area contributed by atoms with Crippen LogP contribution in [0, 0.1) is 13.8 Å². The van der Waals surface area contributed by atoms with Crippen molar-refractivity contribution >= 4 is 27.4 Å². The Kier molecular flexibility index (Phi) is 4.49. The molecule has 0 fully saturated rings. The second-order valence-corrected chi connectivity index (χ2v) is 6.46. The van der Waals surface area contributed by atoms with Crippen molar-refractivity contribution in [3.63, 3.8) is 0 Å². The van der Waals surface area contributed by atoms with Crippen LogP contribution in [-0.2, 0) is 0 Å². The Morgan fingerprint density at radius 2 is 2.17 bits per heavy atom. The van der Waals surface area contributed by atoms with Gasteiger partial charge in [0.15, 0.2) is 5.82 Å². The van der Waals surface area contributed by atoms with Gasteiger partial charge in [-0.2, -0.15) is 0 Å². The predicted octanol–water partition coefficient (Wildman–Crippen LogP) is 3.11. The molecule has 3 heterocycles. The monoisotopic (exact) mass is 332 g/mol. The van der Waals surface area contributed by atoms with Gasteiger partial charge in [0.05, 0.1) is 12.0 Å². The minimum absolute atomic E-state index is 0.00340. The van der Waals surface area contributed by atoms with Crippen molar-refractivity contribution in [3.05, 3.63) is 35.0 Å². The summed E-state index contributed by atoms with van der Waals surface area (Å²) in [4.78, 5) is 15.3. The van der Waals surface area contributed by atoms with Crippen LogP contribution in [0.25, 0.3) is 21.6 Å². The fourth-order valence-electron chi connectivity index (χ4n) is 2.27. The number of nitrogens with zero attached hydrogens (tertiary/aromatic N) is 3. The number of rotatable bonds is 5. The quantitative estimate of drug-likeness (QED) is 0.751. The lowest BCUT2D eigenvalue weighted by atomic mass is 10.2. The van der Waals surface area contributed by atoms with Gasteiger partial charge in [0.25, 0.3) is 0 Å². The number of hydrogen-bond acceptors (Lipinski definition) is 6. The number of halogens is 1. The Bertz CT molecular complexity index is 822. The van der Waals surface area contributed by atoms with Gasteiger partial charge in [-0.3, -0.25) is 4.98 Å². The van der Waals surface area contributed by atoms with Crippen LogP contribution in [0.1, 0.15) is 10.4 Å². The van der Waals surface area contributed by atoms with Crippen LogP contribution in [0.3, 0.4) is 0 Å². The summed E-state index contributed by atoms with van der Waals surface area (Å²) in [5, 5.41) is 12.8. The smallest absolute Gasteiger partial charge is 0.164 e. The Morgan fingerprint density at radius 1 is 1.35 bits per heavy atom. The molecule has 3 aromatic rings. The van der Waals surface area contributed by atoms with Gasteiger partial charge in [-0.05, 0) is 31.5 Å². The first-order valence-corrected chi connectivity index (χ1v) is 8.08. The third kappa shape index (κ3) is 3.16. The summed E-state index contributed by atoms with van der Waals surface area (Å²) in [5.41, 5.74) is 1.89. The second kappa shape index (κ2) is 6.55. The van der Waals surface area contributed by atoms with E-state index in [1.165, 1.54) is 0 Å². The minimum Gasteiger partial charge on any atom is -0.393 e. The third-order valence-electron chi connectivity index (χ3n) is 3.64. The SMILES string of the molecule is Cc1sc2nc(-c3cccnc3)nc(NC[C@H](F)CO)c2c1C. The first kappa shape index (κ1) is 15.8. The molecular weight excluding hydrogens is 315 g/mol. The van der Waals surface area contributed by atoms with Gasteiger partial charge >= 0.3 is 0 Å². The number of pyridine rings is 1. The lowest BCUT2D eigenvalue weighted by Gasteiger charge is -2.11. The Balaban J connectivity index is 2.10. The van der Waals surface area contributed by atoms with Crippen LogP contribution in [0.15, 0.2) is 24.5 Å². The molecule has 120 valence electrons. The van der Waals surface area contributed by atoms with Gasteiger partial charge in [-0.15, -0.1) is 11.3 Å². The molecule has 2 N–H and O–H groups in total. The zero-order chi connectivity index (χ0) is 16.4. The van der Waals surface area contributed by atoms with Crippen LogP contribution in [0.4, 0.5) is 10.2 Å². The molecule has 3 rings (SSSR count). The summed E-state index contributed by atoms with van der Waals surface area (Å²) in [6.07, 6.45) is 2.06. The number of anilines is 1. The number of fused-ring (bicyclic) bond motifs is 1. The molecule has 7 heteroatoms. The van der Waals surface area contributed by atoms with E-state index < -0.39 is 12.8 Å². The molecule has 0 aliphatic carbocycles. The highest BCUT2D eigenvalue weighted by molar-refractivity contribution is 7.18. The summed E-state index contributed by atoms with van der Waals surface area (Å²) in [7, 11) is 0. The van der Waals surface area contributed by atoms with E-state index in [0.29, 0.717) is 11.6 Å². The first-order valence-electron chi connectivity index (χ1n) is 7.27. The number of nitrogens with one attached hydrogen (secondary N) is 1. The molecule has 5 nitrogen and oxygen atoms in total. The molecule has 0 unspecified atom stereocenters. The number of aliphatic hydroxyl groups excluding tert-OH is 1. The number of alkyl halides is 1. The van der Waals surface area contributed by atoms with Crippen LogP contribution in [-0.4, -0.2) is 39.4 Å². The van der Waals surface area contributed by atoms with Gasteiger partial charge < -0.3 is 10.4 Å². The summed E-state index contributed by atoms with van der Waals surface area (Å²) in [6.45, 7) is 3.52. The van der Waals surface area contributed by atoms with Crippen LogP contribution < -0.4 is 5.32 Å². The fraction of sp³-hybridized carbons (Fsp3) is 0.312. The zero-order valence-corrected chi connectivity index (χ0v) is 13.7. The van der Waals surface area contributed by atoms with Crippen molar-refractivity contribution in [2.24, 2.45) is 0 Å². The maximum Gasteiger partial charge on any atom is 0.164 e. The summed E-state index contributed by atoms with van der Waals surface area (Å²) in [5.74, 6) is 1.14. The predicted molar refractivity (Wildman–Crippen MR) is 90.6 cm³/mol. The average Bonchev–Trinajstić information content (AvgIpc) is 2.87. The molecule has 23 heavy (non-hydrogen) atoms. The number of aryl methyl sites for hydroxylation is 2. The largest absolute Gasteiger partial charge is 0.393 e. The highest BCUT2D eigenvalue weighted by Crippen LogP contribution is 2.34. The molecule has 0 bridgehead atoms. The molecule has 3 aromatic heterocycles. The van der Waals surface area contributed by atoms with Gasteiger partial charge in [0.1, 0.15) is 16.8 Å². The van der Waals surface area contributed by atoms with E-state index >= 15 is 0 Å². The Morgan fingerprint density at radius 3 is 2.87 bits per heavy atom. The number of aliphatic hydroxyl groups is 1. The van der Waals surface area contributed by atoms with Crippen molar-refractivity contribution in [3.8, 4) is 11.4 Å². The third-order valence-corrected chi connectivity index (χ3v) is 4.74. The van der Waals surface area contributed by atoms with Crippen molar-refractivity contribution in [1.29, 1.82) is 0 Å². The molecule has 0 radical (unpaired) electrons. The molecular formula is C16H17FN4OS. The van der Waals surface area contributed by atoms with Crippen molar-refractivity contribution in [1.82, 2.24) is 15.0 Å². The lowest BCUT2D eigenvalue weighted by molar-refractivity contribution is 0.186. The highest BCUT2D eigenvalue weighted by Gasteiger charge is 2.16. The molecule has 0 amide bonds. The van der Waals surface area contributed by atoms with Crippen LogP contribution in [0.5, 0.6) is 0 Å². The average molecular weight is 332 g/mol. The Labute approximate surface area is 137 Å². The lowest BCUT2D eigenvalue weighted by Crippen LogP contribution is -2.19. The summed E-state index contributed by atoms with van der Waals surface area (Å²) in [6, 6.07) is 3.71. The highest BCUT2D eigenvalue weighted by atomic mass is 32.1. The maximum absolute atomic E-state index is 13.4. The van der Waals surface area contributed by atoms with Crippen molar-refractivity contribution in [2.75, 3.05) is 18.5 Å². The normalized spacial score (nSPS) is 12.5. The first-order chi connectivity index (χ1) is 11.1. The van der Waals surface area contributed by atoms with Gasteiger partial charge in [-0.25, -0.2) is 14.4 Å². The van der Waals surface area contributed by atoms with Gasteiger partial charge in [0.2, 0.25) is 0 Å². The summed E-state index contributed by atoms with van der Waals surface area (Å²) < 4.78 is 13.4. The van der Waals surface area contributed by atoms with Crippen molar-refractivity contribution < 1.29 is 9.50 Å². The fourth-order valence-corrected chi connectivity index (χ4v) is 3.30. The molecule has 0 aliphatic rings. The topological polar surface area (TPSA) is 70.9 Å². The molecule has 0 aromatic carbocycles. The molecule has 0 spiro atoms. The Hall–Kier alpha value is -2.12. The molecule has 0 saturated heterocycles. The maximum atomic E-state index is 13.4. The molecule has 0 aliphatic heterocycles. The number of thiophene rings is 1. The molecule has 0 saturated carbocycles. The minimum atomic E-state index is -1.33. The zero-order valence-electron chi connectivity index (χ0n) is 12.9. The van der Waals surface area contributed by atoms with E-state index in [9.17, 15) is 4.39 Å². The van der Waals surface area contributed by atoms with Crippen LogP contribution in [0.2, 0.25) is 0 Å². The van der Waals surface area contributed by atoms with E-state index in [4.69, 9.17) is 5.11 Å². The van der Waals surface area contributed by atoms with Crippen LogP contribution >= 0.6 is 11.3 Å². The van der Waals surface area contributed by atoms with E-state index in [1.54, 1.807) is 23.7 Å². The van der Waals surface area contributed by atoms with E-state index in [2.05, 4.69) is 20.3 Å². The van der Waals surface area contributed by atoms with E-state index in [1.807, 2.05) is 26.0 Å². The van der Waals surface area contributed by atoms with Gasteiger partial charge in [0, 0.05) is 29.4 Å². The molecule has 1 atom stereocenters. The standard InChI is InChI=1S/C16H17FN4OS/c1-9-10(2)23-16-13(9)15(19-7-12(17)8-22)20-14(21-16)11-4-3-5-18-6-11/h3-6,12,22H,7-8H2,1-2H3,(H,19,20,21)/t12-/m0/s1. The summed E-state index contributed by atoms with van der Waals surface area (Å²) >= 11 is 1.59.